The molecule has 0 heterocycles. The van der Waals surface area contributed by atoms with E-state index in [9.17, 15) is 9.59 Å². The highest BCUT2D eigenvalue weighted by Gasteiger charge is 2.63. The topological polar surface area (TPSA) is 55.4 Å². The maximum atomic E-state index is 13.2. The Morgan fingerprint density at radius 1 is 1.03 bits per heavy atom. The predicted molar refractivity (Wildman–Crippen MR) is 114 cm³/mol. The van der Waals surface area contributed by atoms with Crippen LogP contribution in [0.5, 0.6) is 0 Å². The first-order valence-corrected chi connectivity index (χ1v) is 10.1. The molecule has 5 heteroatoms. The van der Waals surface area contributed by atoms with Crippen LogP contribution >= 0.6 is 0 Å². The molecule has 1 fully saturated rings. The van der Waals surface area contributed by atoms with Crippen LogP contribution in [-0.4, -0.2) is 42.5 Å². The van der Waals surface area contributed by atoms with E-state index < -0.39 is 5.54 Å². The van der Waals surface area contributed by atoms with Gasteiger partial charge in [-0.3, -0.25) is 4.79 Å². The second-order valence-corrected chi connectivity index (χ2v) is 8.75. The molecule has 0 saturated heterocycles. The van der Waals surface area contributed by atoms with Gasteiger partial charge in [-0.1, -0.05) is 48.0 Å². The van der Waals surface area contributed by atoms with Crippen molar-refractivity contribution < 1.29 is 18.8 Å². The summed E-state index contributed by atoms with van der Waals surface area (Å²) in [6.07, 6.45) is 1.53. The number of esters is 1. The first kappa shape index (κ1) is 21.1. The van der Waals surface area contributed by atoms with E-state index in [1.165, 1.54) is 5.56 Å². The Balaban J connectivity index is 1.66. The van der Waals surface area contributed by atoms with Gasteiger partial charge in [-0.05, 0) is 37.5 Å². The molecule has 0 atom stereocenters. The number of nitrogens with one attached hydrogen (secondary N) is 1. The summed E-state index contributed by atoms with van der Waals surface area (Å²) in [6, 6.07) is 13.8. The van der Waals surface area contributed by atoms with E-state index in [0.717, 1.165) is 35.2 Å². The number of carbonyl (C=O) groups is 2. The number of likely N-dealkylation sites (N-methyl/N-ethyl adjacent to an activating group) is 1. The van der Waals surface area contributed by atoms with Gasteiger partial charge in [-0.2, -0.15) is 0 Å². The zero-order chi connectivity index (χ0) is 21.2. The molecule has 0 unspecified atom stereocenters. The van der Waals surface area contributed by atoms with Gasteiger partial charge in [0.15, 0.2) is 12.1 Å². The van der Waals surface area contributed by atoms with Crippen LogP contribution in [0.4, 0.5) is 5.69 Å². The maximum absolute atomic E-state index is 13.2. The van der Waals surface area contributed by atoms with Gasteiger partial charge in [0, 0.05) is 18.5 Å². The number of aryl methyl sites for hydroxylation is 3. The lowest BCUT2D eigenvalue weighted by atomic mass is 10.0. The Labute approximate surface area is 173 Å². The van der Waals surface area contributed by atoms with Crippen molar-refractivity contribution in [2.75, 3.05) is 26.0 Å². The number of hydrogen-bond donors (Lipinski definition) is 1. The van der Waals surface area contributed by atoms with Gasteiger partial charge in [0.1, 0.15) is 6.61 Å². The van der Waals surface area contributed by atoms with Gasteiger partial charge in [-0.15, -0.1) is 0 Å². The van der Waals surface area contributed by atoms with E-state index >= 15 is 0 Å². The molecule has 1 aliphatic rings. The second-order valence-electron chi connectivity index (χ2n) is 8.75. The summed E-state index contributed by atoms with van der Waals surface area (Å²) in [6.45, 7) is 6.48. The van der Waals surface area contributed by atoms with Gasteiger partial charge >= 0.3 is 5.97 Å². The van der Waals surface area contributed by atoms with Gasteiger partial charge in [0.2, 0.25) is 0 Å². The largest absolute Gasteiger partial charge is 0.457 e. The SMILES string of the molecule is Cc1cc(C)c(NC(=O)C2([N+](C)(C)CC(=O)OCc3ccccc3)CC2)c(C)c1. The molecule has 2 aromatic carbocycles. The van der Waals surface area contributed by atoms with Crippen LogP contribution in [-0.2, 0) is 20.9 Å². The summed E-state index contributed by atoms with van der Waals surface area (Å²) in [5.74, 6) is -0.311. The Bertz CT molecular complexity index is 892. The third-order valence-electron chi connectivity index (χ3n) is 5.99. The summed E-state index contributed by atoms with van der Waals surface area (Å²) >= 11 is 0. The molecule has 1 aliphatic carbocycles. The summed E-state index contributed by atoms with van der Waals surface area (Å²) in [5, 5.41) is 3.14. The van der Waals surface area contributed by atoms with E-state index in [2.05, 4.69) is 24.4 Å². The molecule has 1 amide bonds. The van der Waals surface area contributed by atoms with Crippen LogP contribution in [0.1, 0.15) is 35.1 Å². The molecule has 0 radical (unpaired) electrons. The van der Waals surface area contributed by atoms with Crippen LogP contribution in [0.25, 0.3) is 0 Å². The van der Waals surface area contributed by atoms with E-state index in [1.807, 2.05) is 58.3 Å². The number of carbonyl (C=O) groups excluding carboxylic acids is 2. The van der Waals surface area contributed by atoms with Crippen LogP contribution in [0.15, 0.2) is 42.5 Å². The highest BCUT2D eigenvalue weighted by Crippen LogP contribution is 2.46. The molecule has 0 aromatic heterocycles. The van der Waals surface area contributed by atoms with Crippen molar-refractivity contribution in [3.05, 3.63) is 64.7 Å². The molecular weight excluding hydrogens is 364 g/mol. The number of rotatable bonds is 7. The van der Waals surface area contributed by atoms with E-state index in [1.54, 1.807) is 0 Å². The number of benzene rings is 2. The number of ether oxygens (including phenoxy) is 1. The number of quaternary nitrogens is 1. The molecule has 0 spiro atoms. The monoisotopic (exact) mass is 395 g/mol. The summed E-state index contributed by atoms with van der Waals surface area (Å²) in [4.78, 5) is 25.7. The lowest BCUT2D eigenvalue weighted by Gasteiger charge is -2.36. The third kappa shape index (κ3) is 4.51. The molecular formula is C24H31N2O3+. The quantitative estimate of drug-likeness (QED) is 0.571. The van der Waals surface area contributed by atoms with Crippen molar-refractivity contribution in [3.8, 4) is 0 Å². The maximum Gasteiger partial charge on any atom is 0.362 e. The average Bonchev–Trinajstić information content (AvgIpc) is 3.46. The van der Waals surface area contributed by atoms with E-state index in [4.69, 9.17) is 4.74 Å². The molecule has 3 rings (SSSR count). The Hall–Kier alpha value is -2.66. The van der Waals surface area contributed by atoms with Crippen molar-refractivity contribution in [1.29, 1.82) is 0 Å². The minimum Gasteiger partial charge on any atom is -0.457 e. The highest BCUT2D eigenvalue weighted by molar-refractivity contribution is 6.00. The van der Waals surface area contributed by atoms with E-state index in [0.29, 0.717) is 0 Å². The zero-order valence-electron chi connectivity index (χ0n) is 18.0. The fourth-order valence-corrected chi connectivity index (χ4v) is 4.09. The lowest BCUT2D eigenvalue weighted by molar-refractivity contribution is -0.909. The zero-order valence-corrected chi connectivity index (χ0v) is 18.0. The fraction of sp³-hybridized carbons (Fsp3) is 0.417. The van der Waals surface area contributed by atoms with E-state index in [-0.39, 0.29) is 29.5 Å². The first-order chi connectivity index (χ1) is 13.6. The number of nitrogens with zero attached hydrogens (tertiary/aromatic N) is 1. The van der Waals surface area contributed by atoms with Crippen molar-refractivity contribution in [1.82, 2.24) is 0 Å². The molecule has 154 valence electrons. The molecule has 0 bridgehead atoms. The smallest absolute Gasteiger partial charge is 0.362 e. The Morgan fingerprint density at radius 3 is 2.17 bits per heavy atom. The van der Waals surface area contributed by atoms with Gasteiger partial charge < -0.3 is 14.5 Å². The van der Waals surface area contributed by atoms with Gasteiger partial charge in [0.05, 0.1) is 14.1 Å². The standard InChI is InChI=1S/C24H30N2O3/c1-17-13-18(2)22(19(3)14-17)25-23(28)24(11-12-24)26(4,5)15-21(27)29-16-20-9-7-6-8-10-20/h6-10,13-14H,11-12,15-16H2,1-5H3/p+1. The number of hydrogen-bond acceptors (Lipinski definition) is 3. The van der Waals surface area contributed by atoms with Crippen LogP contribution in [0.3, 0.4) is 0 Å². The number of anilines is 1. The molecule has 1 N–H and O–H groups in total. The van der Waals surface area contributed by atoms with Crippen LogP contribution < -0.4 is 5.32 Å². The predicted octanol–water partition coefficient (Wildman–Crippen LogP) is 3.90. The Morgan fingerprint density at radius 2 is 1.62 bits per heavy atom. The third-order valence-corrected chi connectivity index (χ3v) is 5.99. The summed E-state index contributed by atoms with van der Waals surface area (Å²) in [5.41, 5.74) is 4.53. The van der Waals surface area contributed by atoms with Crippen molar-refractivity contribution in [2.24, 2.45) is 0 Å². The average molecular weight is 396 g/mol. The van der Waals surface area contributed by atoms with Crippen LogP contribution in [0, 0.1) is 20.8 Å². The van der Waals surface area contributed by atoms with Crippen molar-refractivity contribution >= 4 is 17.6 Å². The molecule has 5 nitrogen and oxygen atoms in total. The van der Waals surface area contributed by atoms with Crippen molar-refractivity contribution in [2.45, 2.75) is 45.8 Å². The number of amides is 1. The van der Waals surface area contributed by atoms with Gasteiger partial charge in [-0.25, -0.2) is 4.79 Å². The first-order valence-electron chi connectivity index (χ1n) is 10.1. The Kier molecular flexibility index (Phi) is 5.80. The lowest BCUT2D eigenvalue weighted by Crippen LogP contribution is -2.59. The van der Waals surface area contributed by atoms with Crippen LogP contribution in [0.2, 0.25) is 0 Å². The minimum absolute atomic E-state index is 0.0200. The van der Waals surface area contributed by atoms with Crippen molar-refractivity contribution in [3.63, 3.8) is 0 Å². The minimum atomic E-state index is -0.588. The normalized spacial score (nSPS) is 14.9. The molecule has 29 heavy (non-hydrogen) atoms. The second kappa shape index (κ2) is 7.99. The molecule has 2 aromatic rings. The molecule has 0 aliphatic heterocycles. The fourth-order valence-electron chi connectivity index (χ4n) is 4.09. The summed E-state index contributed by atoms with van der Waals surface area (Å²) in [7, 11) is 3.87. The summed E-state index contributed by atoms with van der Waals surface area (Å²) < 4.78 is 5.74. The highest BCUT2D eigenvalue weighted by atomic mass is 16.5. The molecule has 1 saturated carbocycles. The van der Waals surface area contributed by atoms with Gasteiger partial charge in [0.25, 0.3) is 5.91 Å².